The highest BCUT2D eigenvalue weighted by atomic mass is 32.2. The van der Waals surface area contributed by atoms with Crippen molar-refractivity contribution in [2.45, 2.75) is 31.6 Å². The zero-order chi connectivity index (χ0) is 11.9. The quantitative estimate of drug-likeness (QED) is 0.795. The minimum atomic E-state index is -3.07. The molecule has 0 spiro atoms. The van der Waals surface area contributed by atoms with Crippen molar-refractivity contribution in [2.75, 3.05) is 13.4 Å². The van der Waals surface area contributed by atoms with Crippen LogP contribution >= 0.6 is 0 Å². The van der Waals surface area contributed by atoms with Gasteiger partial charge in [0.05, 0.1) is 12.8 Å². The van der Waals surface area contributed by atoms with Crippen molar-refractivity contribution >= 4 is 9.84 Å². The molecule has 5 nitrogen and oxygen atoms in total. The van der Waals surface area contributed by atoms with E-state index in [1.807, 2.05) is 6.92 Å². The highest BCUT2D eigenvalue weighted by molar-refractivity contribution is 7.89. The lowest BCUT2D eigenvalue weighted by Crippen LogP contribution is -2.11. The molecule has 0 radical (unpaired) electrons. The minimum Gasteiger partial charge on any atom is -0.493 e. The Hall–Kier alpha value is -1.04. The third kappa shape index (κ3) is 2.21. The summed E-state index contributed by atoms with van der Waals surface area (Å²) in [5.74, 6) is 1.11. The average molecular weight is 244 g/mol. The number of methoxy groups -OCH3 is 1. The third-order valence-electron chi connectivity index (χ3n) is 2.70. The summed E-state index contributed by atoms with van der Waals surface area (Å²) in [5.41, 5.74) is 1.69. The van der Waals surface area contributed by atoms with Crippen LogP contribution in [0.2, 0.25) is 0 Å². The van der Waals surface area contributed by atoms with Gasteiger partial charge in [-0.05, 0) is 19.8 Å². The van der Waals surface area contributed by atoms with Gasteiger partial charge in [-0.25, -0.2) is 8.42 Å². The Bertz CT molecular complexity index is 500. The Morgan fingerprint density at radius 2 is 2.12 bits per heavy atom. The van der Waals surface area contributed by atoms with Crippen LogP contribution in [-0.4, -0.2) is 31.6 Å². The van der Waals surface area contributed by atoms with Crippen LogP contribution < -0.4 is 4.74 Å². The van der Waals surface area contributed by atoms with E-state index in [4.69, 9.17) is 4.74 Å². The van der Waals surface area contributed by atoms with Gasteiger partial charge < -0.3 is 4.74 Å². The first-order valence-corrected chi connectivity index (χ1v) is 7.27. The molecular formula is C10H16N2O3S. The summed E-state index contributed by atoms with van der Waals surface area (Å²) < 4.78 is 29.3. The van der Waals surface area contributed by atoms with Crippen molar-refractivity contribution in [3.05, 3.63) is 11.4 Å². The van der Waals surface area contributed by atoms with E-state index in [1.54, 1.807) is 7.11 Å². The van der Waals surface area contributed by atoms with E-state index in [2.05, 4.69) is 5.10 Å². The lowest BCUT2D eigenvalue weighted by Gasteiger charge is -2.02. The molecule has 2 rings (SSSR count). The first-order valence-electron chi connectivity index (χ1n) is 5.21. The first-order chi connectivity index (χ1) is 7.42. The van der Waals surface area contributed by atoms with Gasteiger partial charge in [-0.15, -0.1) is 0 Å². The van der Waals surface area contributed by atoms with Crippen molar-refractivity contribution in [1.29, 1.82) is 0 Å². The van der Waals surface area contributed by atoms with E-state index in [1.165, 1.54) is 10.9 Å². The van der Waals surface area contributed by atoms with Crippen LogP contribution in [0.3, 0.4) is 0 Å². The molecule has 0 N–H and O–H groups in total. The summed E-state index contributed by atoms with van der Waals surface area (Å²) in [7, 11) is -1.47. The van der Waals surface area contributed by atoms with E-state index in [9.17, 15) is 8.42 Å². The maximum Gasteiger partial charge on any atom is 0.167 e. The largest absolute Gasteiger partial charge is 0.493 e. The number of nitrogens with zero attached hydrogens (tertiary/aromatic N) is 2. The molecule has 0 aromatic carbocycles. The summed E-state index contributed by atoms with van der Waals surface area (Å²) in [6.45, 7) is 1.84. The molecule has 1 fully saturated rings. The van der Waals surface area contributed by atoms with E-state index < -0.39 is 9.84 Å². The molecule has 1 saturated carbocycles. The highest BCUT2D eigenvalue weighted by Gasteiger charge is 2.31. The molecule has 1 aliphatic rings. The number of ether oxygens (including phenoxy) is 1. The fourth-order valence-electron chi connectivity index (χ4n) is 1.78. The summed E-state index contributed by atoms with van der Waals surface area (Å²) in [5, 5.41) is 4.34. The molecule has 16 heavy (non-hydrogen) atoms. The van der Waals surface area contributed by atoms with Gasteiger partial charge in [-0.3, -0.25) is 4.68 Å². The second kappa shape index (κ2) is 3.76. The summed E-state index contributed by atoms with van der Waals surface area (Å²) in [6, 6.07) is 0. The molecule has 1 heterocycles. The Balaban J connectivity index is 2.39. The van der Waals surface area contributed by atoms with E-state index in [0.717, 1.165) is 30.0 Å². The van der Waals surface area contributed by atoms with Gasteiger partial charge in [-0.1, -0.05) is 0 Å². The fraction of sp³-hybridized carbons (Fsp3) is 0.700. The van der Waals surface area contributed by atoms with Crippen molar-refractivity contribution in [1.82, 2.24) is 9.78 Å². The highest BCUT2D eigenvalue weighted by Crippen LogP contribution is 2.44. The lowest BCUT2D eigenvalue weighted by atomic mass is 10.2. The van der Waals surface area contributed by atoms with Crippen LogP contribution in [0.25, 0.3) is 0 Å². The molecular weight excluding hydrogens is 228 g/mol. The van der Waals surface area contributed by atoms with Crippen molar-refractivity contribution in [2.24, 2.45) is 0 Å². The molecule has 0 unspecified atom stereocenters. The van der Waals surface area contributed by atoms with Crippen LogP contribution in [0, 0.1) is 6.92 Å². The van der Waals surface area contributed by atoms with Crippen molar-refractivity contribution < 1.29 is 13.2 Å². The monoisotopic (exact) mass is 244 g/mol. The minimum absolute atomic E-state index is 0.0814. The zero-order valence-corrected chi connectivity index (χ0v) is 10.5. The Morgan fingerprint density at radius 3 is 2.56 bits per heavy atom. The zero-order valence-electron chi connectivity index (χ0n) is 9.73. The predicted octanol–water partition coefficient (Wildman–Crippen LogP) is 1.08. The van der Waals surface area contributed by atoms with Crippen LogP contribution in [0.1, 0.15) is 30.1 Å². The van der Waals surface area contributed by atoms with Gasteiger partial charge in [0.25, 0.3) is 0 Å². The number of aromatic nitrogens is 2. The Labute approximate surface area is 95.3 Å². The average Bonchev–Trinajstić information content (AvgIpc) is 2.93. The van der Waals surface area contributed by atoms with Gasteiger partial charge in [0.15, 0.2) is 15.6 Å². The van der Waals surface area contributed by atoms with Crippen LogP contribution in [0.5, 0.6) is 5.75 Å². The molecule has 1 aromatic rings. The number of hydrogen-bond acceptors (Lipinski definition) is 4. The molecule has 90 valence electrons. The van der Waals surface area contributed by atoms with E-state index in [-0.39, 0.29) is 5.88 Å². The van der Waals surface area contributed by atoms with Gasteiger partial charge >= 0.3 is 0 Å². The predicted molar refractivity (Wildman–Crippen MR) is 60.3 cm³/mol. The van der Waals surface area contributed by atoms with Gasteiger partial charge in [-0.2, -0.15) is 5.10 Å². The standard InChI is InChI=1S/C10H16N2O3S/c1-7-10(15-2)9(8-4-5-8)11-12(7)6-16(3,13)14/h8H,4-6H2,1-3H3. The number of rotatable bonds is 4. The molecule has 0 atom stereocenters. The number of sulfone groups is 1. The topological polar surface area (TPSA) is 61.2 Å². The van der Waals surface area contributed by atoms with Crippen molar-refractivity contribution in [3.8, 4) is 5.75 Å². The Kier molecular flexibility index (Phi) is 2.69. The smallest absolute Gasteiger partial charge is 0.167 e. The van der Waals surface area contributed by atoms with Gasteiger partial charge in [0.2, 0.25) is 0 Å². The molecule has 1 aliphatic carbocycles. The first kappa shape index (κ1) is 11.4. The third-order valence-corrected chi connectivity index (χ3v) is 3.42. The maximum atomic E-state index is 11.2. The summed E-state index contributed by atoms with van der Waals surface area (Å²) in [6.07, 6.45) is 3.44. The van der Waals surface area contributed by atoms with E-state index in [0.29, 0.717) is 5.92 Å². The van der Waals surface area contributed by atoms with Gasteiger partial charge in [0.1, 0.15) is 11.6 Å². The van der Waals surface area contributed by atoms with Gasteiger partial charge in [0, 0.05) is 12.2 Å². The lowest BCUT2D eigenvalue weighted by molar-refractivity contribution is 0.406. The van der Waals surface area contributed by atoms with Crippen LogP contribution in [-0.2, 0) is 15.7 Å². The molecule has 0 saturated heterocycles. The maximum absolute atomic E-state index is 11.2. The Morgan fingerprint density at radius 1 is 1.50 bits per heavy atom. The number of hydrogen-bond donors (Lipinski definition) is 0. The second-order valence-electron chi connectivity index (χ2n) is 4.33. The molecule has 0 amide bonds. The van der Waals surface area contributed by atoms with E-state index >= 15 is 0 Å². The molecule has 0 bridgehead atoms. The summed E-state index contributed by atoms with van der Waals surface area (Å²) >= 11 is 0. The van der Waals surface area contributed by atoms with Crippen molar-refractivity contribution in [3.63, 3.8) is 0 Å². The second-order valence-corrected chi connectivity index (χ2v) is 6.44. The normalized spacial score (nSPS) is 16.4. The SMILES string of the molecule is COc1c(C2CC2)nn(CS(C)(=O)=O)c1C. The van der Waals surface area contributed by atoms with Crippen LogP contribution in [0.15, 0.2) is 0 Å². The fourth-order valence-corrected chi connectivity index (χ4v) is 2.47. The molecule has 0 aliphatic heterocycles. The molecule has 6 heteroatoms. The van der Waals surface area contributed by atoms with Crippen LogP contribution in [0.4, 0.5) is 0 Å². The molecule has 1 aromatic heterocycles. The summed E-state index contributed by atoms with van der Waals surface area (Å²) in [4.78, 5) is 0.